The summed E-state index contributed by atoms with van der Waals surface area (Å²) in [6.07, 6.45) is 7.46. The molecule has 2 N–H and O–H groups in total. The van der Waals surface area contributed by atoms with Gasteiger partial charge in [0.1, 0.15) is 0 Å². The first kappa shape index (κ1) is 29.9. The smallest absolute Gasteiger partial charge is 0.227 e. The molecule has 0 spiro atoms. The number of carbonyl (C=O) groups excluding carboxylic acids is 1. The van der Waals surface area contributed by atoms with Gasteiger partial charge < -0.3 is 10.4 Å². The number of aliphatic hydroxyl groups is 1. The molecule has 0 aliphatic heterocycles. The predicted molar refractivity (Wildman–Crippen MR) is 167 cm³/mol. The molecule has 2 heterocycles. The highest BCUT2D eigenvalue weighted by atomic mass is 35.5. The zero-order valence-electron chi connectivity index (χ0n) is 24.4. The van der Waals surface area contributed by atoms with E-state index in [1.165, 1.54) is 5.56 Å². The number of fused-ring (bicyclic) bond motifs is 1. The van der Waals surface area contributed by atoms with Gasteiger partial charge in [0.25, 0.3) is 0 Å². The first-order chi connectivity index (χ1) is 20.5. The molecule has 2 aromatic carbocycles. The molecule has 7 heteroatoms. The van der Waals surface area contributed by atoms with Gasteiger partial charge in [-0.3, -0.25) is 19.7 Å². The lowest BCUT2D eigenvalue weighted by molar-refractivity contribution is -0.122. The third-order valence-electron chi connectivity index (χ3n) is 8.32. The van der Waals surface area contributed by atoms with Crippen molar-refractivity contribution in [3.8, 4) is 0 Å². The van der Waals surface area contributed by atoms with Crippen molar-refractivity contribution in [2.24, 2.45) is 0 Å². The zero-order valence-corrected chi connectivity index (χ0v) is 25.1. The van der Waals surface area contributed by atoms with Crippen LogP contribution in [0, 0.1) is 6.92 Å². The number of benzene rings is 2. The van der Waals surface area contributed by atoms with Crippen molar-refractivity contribution in [2.75, 3.05) is 0 Å². The second-order valence-corrected chi connectivity index (χ2v) is 11.6. The fraction of sp³-hybridized carbons (Fsp3) is 0.343. The van der Waals surface area contributed by atoms with Crippen molar-refractivity contribution in [1.82, 2.24) is 20.2 Å². The zero-order chi connectivity index (χ0) is 29.5. The number of nitrogens with zero attached hydrogens (tertiary/aromatic N) is 3. The topological polar surface area (TPSA) is 78.4 Å². The molecule has 1 aliphatic carbocycles. The summed E-state index contributed by atoms with van der Waals surface area (Å²) in [5.41, 5.74) is 8.37. The minimum Gasteiger partial charge on any atom is -0.392 e. The van der Waals surface area contributed by atoms with Crippen LogP contribution in [-0.2, 0) is 37.5 Å². The first-order valence-electron chi connectivity index (χ1n) is 14.8. The molecule has 2 unspecified atom stereocenters. The molecule has 5 rings (SSSR count). The average molecular weight is 583 g/mol. The van der Waals surface area contributed by atoms with E-state index in [1.54, 1.807) is 6.20 Å². The largest absolute Gasteiger partial charge is 0.392 e. The minimum absolute atomic E-state index is 0.0128. The summed E-state index contributed by atoms with van der Waals surface area (Å²) in [4.78, 5) is 24.9. The SMILES string of the molecule is CCC(C(=O)NCc1ccc(CN(Cc2ncc(Cl)cc2C)C2CCCc3cccnc32)c(CO)c1)c1ccccc1. The molecule has 0 fully saturated rings. The van der Waals surface area contributed by atoms with E-state index in [0.29, 0.717) is 24.7 Å². The van der Waals surface area contributed by atoms with E-state index in [1.807, 2.05) is 68.6 Å². The summed E-state index contributed by atoms with van der Waals surface area (Å²) in [6.45, 7) is 5.69. The monoisotopic (exact) mass is 582 g/mol. The average Bonchev–Trinajstić information content (AvgIpc) is 3.02. The fourth-order valence-corrected chi connectivity index (χ4v) is 6.24. The highest BCUT2D eigenvalue weighted by Crippen LogP contribution is 2.35. The number of aryl methyl sites for hydroxylation is 2. The van der Waals surface area contributed by atoms with Gasteiger partial charge in [-0.15, -0.1) is 0 Å². The second-order valence-electron chi connectivity index (χ2n) is 11.1. The number of hydrogen-bond acceptors (Lipinski definition) is 5. The maximum Gasteiger partial charge on any atom is 0.227 e. The number of nitrogens with one attached hydrogen (secondary N) is 1. The van der Waals surface area contributed by atoms with Gasteiger partial charge in [0.2, 0.25) is 5.91 Å². The lowest BCUT2D eigenvalue weighted by atomic mass is 9.90. The van der Waals surface area contributed by atoms with Crippen LogP contribution in [0.5, 0.6) is 0 Å². The molecule has 0 radical (unpaired) electrons. The van der Waals surface area contributed by atoms with E-state index in [9.17, 15) is 9.90 Å². The Balaban J connectivity index is 1.37. The Bertz CT molecular complexity index is 1510. The van der Waals surface area contributed by atoms with Crippen molar-refractivity contribution in [2.45, 2.75) is 77.7 Å². The molecule has 1 amide bonds. The summed E-state index contributed by atoms with van der Waals surface area (Å²) in [5.74, 6) is -0.174. The van der Waals surface area contributed by atoms with Crippen LogP contribution in [0.25, 0.3) is 0 Å². The van der Waals surface area contributed by atoms with Crippen molar-refractivity contribution in [3.05, 3.63) is 129 Å². The lowest BCUT2D eigenvalue weighted by Crippen LogP contribution is -2.32. The highest BCUT2D eigenvalue weighted by molar-refractivity contribution is 6.30. The Morgan fingerprint density at radius 1 is 1.07 bits per heavy atom. The van der Waals surface area contributed by atoms with Gasteiger partial charge in [0.05, 0.1) is 35.0 Å². The Labute approximate surface area is 253 Å². The molecule has 6 nitrogen and oxygen atoms in total. The van der Waals surface area contributed by atoms with E-state index < -0.39 is 0 Å². The molecular weight excluding hydrogens is 544 g/mol. The van der Waals surface area contributed by atoms with Crippen molar-refractivity contribution in [1.29, 1.82) is 0 Å². The third kappa shape index (κ3) is 7.06. The summed E-state index contributed by atoms with van der Waals surface area (Å²) >= 11 is 6.22. The summed E-state index contributed by atoms with van der Waals surface area (Å²) < 4.78 is 0. The normalized spacial score (nSPS) is 15.3. The second kappa shape index (κ2) is 14.1. The number of halogens is 1. The van der Waals surface area contributed by atoms with Crippen LogP contribution in [-0.4, -0.2) is 25.9 Å². The van der Waals surface area contributed by atoms with Crippen LogP contribution in [0.15, 0.2) is 79.1 Å². The van der Waals surface area contributed by atoms with Crippen molar-refractivity contribution >= 4 is 17.5 Å². The van der Waals surface area contributed by atoms with Crippen LogP contribution in [0.3, 0.4) is 0 Å². The molecule has 42 heavy (non-hydrogen) atoms. The van der Waals surface area contributed by atoms with Crippen LogP contribution < -0.4 is 5.32 Å². The van der Waals surface area contributed by atoms with Crippen LogP contribution in [0.4, 0.5) is 0 Å². The maximum absolute atomic E-state index is 13.0. The lowest BCUT2D eigenvalue weighted by Gasteiger charge is -2.35. The van der Waals surface area contributed by atoms with Gasteiger partial charge >= 0.3 is 0 Å². The van der Waals surface area contributed by atoms with E-state index in [-0.39, 0.29) is 24.5 Å². The fourth-order valence-electron chi connectivity index (χ4n) is 6.02. The predicted octanol–water partition coefficient (Wildman–Crippen LogP) is 6.82. The van der Waals surface area contributed by atoms with Crippen LogP contribution >= 0.6 is 11.6 Å². The van der Waals surface area contributed by atoms with E-state index in [0.717, 1.165) is 64.9 Å². The number of aromatic nitrogens is 2. The summed E-state index contributed by atoms with van der Waals surface area (Å²) in [6, 6.07) is 22.3. The Morgan fingerprint density at radius 2 is 1.90 bits per heavy atom. The van der Waals surface area contributed by atoms with Gasteiger partial charge in [-0.2, -0.15) is 0 Å². The van der Waals surface area contributed by atoms with Crippen LogP contribution in [0.1, 0.15) is 82.9 Å². The van der Waals surface area contributed by atoms with Gasteiger partial charge in [0, 0.05) is 32.0 Å². The summed E-state index contributed by atoms with van der Waals surface area (Å²) in [7, 11) is 0. The van der Waals surface area contributed by atoms with E-state index in [2.05, 4.69) is 33.4 Å². The number of amides is 1. The van der Waals surface area contributed by atoms with Crippen molar-refractivity contribution in [3.63, 3.8) is 0 Å². The van der Waals surface area contributed by atoms with Crippen LogP contribution in [0.2, 0.25) is 5.02 Å². The van der Waals surface area contributed by atoms with Crippen molar-refractivity contribution < 1.29 is 9.90 Å². The highest BCUT2D eigenvalue weighted by Gasteiger charge is 2.28. The Kier molecular flexibility index (Phi) is 10.0. The quantitative estimate of drug-likeness (QED) is 0.203. The molecule has 2 aromatic heterocycles. The molecule has 2 atom stereocenters. The van der Waals surface area contributed by atoms with Gasteiger partial charge in [-0.25, -0.2) is 0 Å². The molecule has 0 saturated carbocycles. The minimum atomic E-state index is -0.187. The number of rotatable bonds is 11. The molecule has 0 bridgehead atoms. The standard InChI is InChI=1S/C35H39ClN4O2/c1-3-31(26-9-5-4-6-10-26)35(42)39-19-25-14-15-28(29(18-25)23-41)21-40(22-32-24(2)17-30(36)20-38-32)33-13-7-11-27-12-8-16-37-34(27)33/h4-6,8-10,12,14-18,20,31,33,41H,3,7,11,13,19,21-23H2,1-2H3,(H,39,42). The first-order valence-corrected chi connectivity index (χ1v) is 15.2. The number of pyridine rings is 2. The van der Waals surface area contributed by atoms with E-state index >= 15 is 0 Å². The Hall–Kier alpha value is -3.58. The number of carbonyl (C=O) groups is 1. The van der Waals surface area contributed by atoms with Gasteiger partial charge in [-0.05, 0) is 78.1 Å². The Morgan fingerprint density at radius 3 is 2.67 bits per heavy atom. The van der Waals surface area contributed by atoms with E-state index in [4.69, 9.17) is 16.6 Å². The van der Waals surface area contributed by atoms with Gasteiger partial charge in [0.15, 0.2) is 0 Å². The molecule has 218 valence electrons. The third-order valence-corrected chi connectivity index (χ3v) is 8.53. The summed E-state index contributed by atoms with van der Waals surface area (Å²) in [5, 5.41) is 14.1. The van der Waals surface area contributed by atoms with Gasteiger partial charge in [-0.1, -0.05) is 73.1 Å². The molecule has 1 aliphatic rings. The number of aliphatic hydroxyl groups excluding tert-OH is 1. The number of hydrogen-bond donors (Lipinski definition) is 2. The molecule has 4 aromatic rings. The maximum atomic E-state index is 13.0. The molecule has 0 saturated heterocycles. The molecular formula is C35H39ClN4O2.